The molecule has 0 bridgehead atoms. The van der Waals surface area contributed by atoms with Crippen LogP contribution in [0.2, 0.25) is 0 Å². The van der Waals surface area contributed by atoms with Crippen molar-refractivity contribution in [3.05, 3.63) is 23.8 Å². The Balaban J connectivity index is 3.12. The summed E-state index contributed by atoms with van der Waals surface area (Å²) in [6.45, 7) is 7.73. The molecule has 22 heavy (non-hydrogen) atoms. The SMILES string of the molecule is CCOc1ccc(OCC)c(C(=O)C(F)C(=O)C(C)CC)c1. The molecule has 1 aromatic carbocycles. The van der Waals surface area contributed by atoms with E-state index in [9.17, 15) is 14.0 Å². The Labute approximate surface area is 130 Å². The maximum absolute atomic E-state index is 14.3. The average molecular weight is 310 g/mol. The molecule has 2 unspecified atom stereocenters. The standard InChI is InChI=1S/C17H23FO4/c1-5-11(4)16(19)15(18)17(20)13-10-12(21-6-2)8-9-14(13)22-7-3/h8-11,15H,5-7H2,1-4H3. The normalized spacial score (nSPS) is 13.3. The molecule has 0 spiro atoms. The van der Waals surface area contributed by atoms with Crippen LogP contribution in [0, 0.1) is 5.92 Å². The van der Waals surface area contributed by atoms with Gasteiger partial charge in [0.15, 0.2) is 5.78 Å². The van der Waals surface area contributed by atoms with Crippen LogP contribution in [0.4, 0.5) is 4.39 Å². The van der Waals surface area contributed by atoms with Gasteiger partial charge in [0.2, 0.25) is 12.0 Å². The number of benzene rings is 1. The third-order valence-electron chi connectivity index (χ3n) is 3.41. The van der Waals surface area contributed by atoms with Crippen molar-refractivity contribution in [1.29, 1.82) is 0 Å². The molecule has 122 valence electrons. The first-order valence-electron chi connectivity index (χ1n) is 7.57. The second-order valence-corrected chi connectivity index (χ2v) is 4.96. The van der Waals surface area contributed by atoms with E-state index in [2.05, 4.69) is 0 Å². The summed E-state index contributed by atoms with van der Waals surface area (Å²) in [5.41, 5.74) is 0.0388. The molecule has 4 nitrogen and oxygen atoms in total. The summed E-state index contributed by atoms with van der Waals surface area (Å²) in [6, 6.07) is 4.63. The number of halogens is 1. The first-order chi connectivity index (χ1) is 10.5. The van der Waals surface area contributed by atoms with Crippen molar-refractivity contribution in [1.82, 2.24) is 0 Å². The van der Waals surface area contributed by atoms with Gasteiger partial charge in [-0.1, -0.05) is 13.8 Å². The predicted octanol–water partition coefficient (Wildman–Crippen LogP) is 3.62. The van der Waals surface area contributed by atoms with E-state index in [1.807, 2.05) is 6.92 Å². The van der Waals surface area contributed by atoms with E-state index in [0.717, 1.165) is 0 Å². The van der Waals surface area contributed by atoms with Crippen LogP contribution in [0.1, 0.15) is 44.5 Å². The maximum Gasteiger partial charge on any atom is 0.221 e. The van der Waals surface area contributed by atoms with Crippen LogP contribution in [0.5, 0.6) is 11.5 Å². The first kappa shape index (κ1) is 18.1. The number of rotatable bonds is 9. The molecule has 1 rings (SSSR count). The number of Topliss-reactive ketones (excluding diaryl/α,β-unsaturated/α-hetero) is 2. The topological polar surface area (TPSA) is 52.6 Å². The van der Waals surface area contributed by atoms with Crippen molar-refractivity contribution in [3.63, 3.8) is 0 Å². The second kappa shape index (κ2) is 8.51. The quantitative estimate of drug-likeness (QED) is 0.516. The highest BCUT2D eigenvalue weighted by Crippen LogP contribution is 2.27. The van der Waals surface area contributed by atoms with Gasteiger partial charge in [0, 0.05) is 5.92 Å². The molecular weight excluding hydrogens is 287 g/mol. The summed E-state index contributed by atoms with van der Waals surface area (Å²) in [5, 5.41) is 0. The fourth-order valence-corrected chi connectivity index (χ4v) is 1.96. The first-order valence-corrected chi connectivity index (χ1v) is 7.57. The Morgan fingerprint density at radius 2 is 1.77 bits per heavy atom. The molecule has 0 fully saturated rings. The number of carbonyl (C=O) groups excluding carboxylic acids is 2. The molecule has 1 aromatic rings. The number of hydrogen-bond donors (Lipinski definition) is 0. The Bertz CT molecular complexity index is 527. The van der Waals surface area contributed by atoms with Gasteiger partial charge in [0.05, 0.1) is 18.8 Å². The highest BCUT2D eigenvalue weighted by Gasteiger charge is 2.32. The smallest absolute Gasteiger partial charge is 0.221 e. The van der Waals surface area contributed by atoms with Crippen molar-refractivity contribution < 1.29 is 23.5 Å². The molecule has 0 aliphatic rings. The number of alkyl halides is 1. The largest absolute Gasteiger partial charge is 0.494 e. The minimum atomic E-state index is -2.17. The van der Waals surface area contributed by atoms with Gasteiger partial charge in [-0.05, 0) is 38.5 Å². The zero-order valence-corrected chi connectivity index (χ0v) is 13.5. The Hall–Kier alpha value is -1.91. The van der Waals surface area contributed by atoms with Crippen molar-refractivity contribution >= 4 is 11.6 Å². The zero-order valence-electron chi connectivity index (χ0n) is 13.5. The fourth-order valence-electron chi connectivity index (χ4n) is 1.96. The third-order valence-corrected chi connectivity index (χ3v) is 3.41. The van der Waals surface area contributed by atoms with Crippen molar-refractivity contribution in [2.75, 3.05) is 13.2 Å². The van der Waals surface area contributed by atoms with Crippen LogP contribution in [0.25, 0.3) is 0 Å². The van der Waals surface area contributed by atoms with Crippen molar-refractivity contribution in [2.24, 2.45) is 5.92 Å². The molecule has 0 amide bonds. The maximum atomic E-state index is 14.3. The lowest BCUT2D eigenvalue weighted by molar-refractivity contribution is -0.125. The van der Waals surface area contributed by atoms with E-state index in [1.165, 1.54) is 6.07 Å². The Kier molecular flexibility index (Phi) is 7.02. The second-order valence-electron chi connectivity index (χ2n) is 4.96. The van der Waals surface area contributed by atoms with Gasteiger partial charge in [-0.3, -0.25) is 9.59 Å². The third kappa shape index (κ3) is 4.29. The van der Waals surface area contributed by atoms with Gasteiger partial charge < -0.3 is 9.47 Å². The highest BCUT2D eigenvalue weighted by molar-refractivity contribution is 6.14. The Morgan fingerprint density at radius 1 is 1.14 bits per heavy atom. The summed E-state index contributed by atoms with van der Waals surface area (Å²) in [5.74, 6) is -1.37. The van der Waals surface area contributed by atoms with Gasteiger partial charge in [0.1, 0.15) is 11.5 Å². The minimum absolute atomic E-state index is 0.0388. The summed E-state index contributed by atoms with van der Waals surface area (Å²) in [4.78, 5) is 24.2. The van der Waals surface area contributed by atoms with Crippen LogP contribution < -0.4 is 9.47 Å². The van der Waals surface area contributed by atoms with Gasteiger partial charge in [-0.25, -0.2) is 4.39 Å². The van der Waals surface area contributed by atoms with Crippen LogP contribution in [0.3, 0.4) is 0 Å². The lowest BCUT2D eigenvalue weighted by Crippen LogP contribution is -2.30. The molecule has 0 aromatic heterocycles. The Morgan fingerprint density at radius 3 is 2.32 bits per heavy atom. The van der Waals surface area contributed by atoms with Gasteiger partial charge >= 0.3 is 0 Å². The molecular formula is C17H23FO4. The molecule has 0 heterocycles. The van der Waals surface area contributed by atoms with E-state index in [-0.39, 0.29) is 11.3 Å². The average Bonchev–Trinajstić information content (AvgIpc) is 2.53. The molecule has 2 atom stereocenters. The predicted molar refractivity (Wildman–Crippen MR) is 82.5 cm³/mol. The minimum Gasteiger partial charge on any atom is -0.494 e. The number of ketones is 2. The van der Waals surface area contributed by atoms with Gasteiger partial charge in [-0.2, -0.15) is 0 Å². The highest BCUT2D eigenvalue weighted by atomic mass is 19.1. The number of hydrogen-bond acceptors (Lipinski definition) is 4. The van der Waals surface area contributed by atoms with Gasteiger partial charge in [0.25, 0.3) is 0 Å². The van der Waals surface area contributed by atoms with Crippen LogP contribution in [0.15, 0.2) is 18.2 Å². The molecule has 0 N–H and O–H groups in total. The van der Waals surface area contributed by atoms with E-state index in [1.54, 1.807) is 32.9 Å². The molecule has 0 radical (unpaired) electrons. The molecule has 0 saturated heterocycles. The number of carbonyl (C=O) groups is 2. The molecule has 0 aliphatic heterocycles. The lowest BCUT2D eigenvalue weighted by Gasteiger charge is -2.15. The monoisotopic (exact) mass is 310 g/mol. The number of ether oxygens (including phenoxy) is 2. The van der Waals surface area contributed by atoms with Crippen molar-refractivity contribution in [2.45, 2.75) is 40.3 Å². The van der Waals surface area contributed by atoms with Crippen LogP contribution in [-0.2, 0) is 4.79 Å². The summed E-state index contributed by atoms with van der Waals surface area (Å²) in [7, 11) is 0. The summed E-state index contributed by atoms with van der Waals surface area (Å²) in [6.07, 6.45) is -1.69. The van der Waals surface area contributed by atoms with E-state index in [0.29, 0.717) is 25.4 Å². The van der Waals surface area contributed by atoms with Crippen LogP contribution >= 0.6 is 0 Å². The lowest BCUT2D eigenvalue weighted by atomic mass is 9.94. The van der Waals surface area contributed by atoms with E-state index < -0.39 is 23.7 Å². The molecule has 5 heteroatoms. The molecule has 0 aliphatic carbocycles. The van der Waals surface area contributed by atoms with Crippen LogP contribution in [-0.4, -0.2) is 31.0 Å². The van der Waals surface area contributed by atoms with E-state index in [4.69, 9.17) is 9.47 Å². The van der Waals surface area contributed by atoms with E-state index >= 15 is 0 Å². The van der Waals surface area contributed by atoms with Gasteiger partial charge in [-0.15, -0.1) is 0 Å². The fraction of sp³-hybridized carbons (Fsp3) is 0.529. The zero-order chi connectivity index (χ0) is 16.7. The van der Waals surface area contributed by atoms with Crippen molar-refractivity contribution in [3.8, 4) is 11.5 Å². The summed E-state index contributed by atoms with van der Waals surface area (Å²) < 4.78 is 24.9. The summed E-state index contributed by atoms with van der Waals surface area (Å²) >= 11 is 0. The molecule has 0 saturated carbocycles.